The van der Waals surface area contributed by atoms with E-state index in [-0.39, 0.29) is 24.5 Å². The van der Waals surface area contributed by atoms with Gasteiger partial charge in [0.2, 0.25) is 0 Å². The number of hydrogen-bond donors (Lipinski definition) is 5. The van der Waals surface area contributed by atoms with Crippen LogP contribution in [0.2, 0.25) is 0 Å². The zero-order valence-corrected chi connectivity index (χ0v) is 18.2. The third-order valence-corrected chi connectivity index (χ3v) is 5.71. The minimum absolute atomic E-state index is 0.0252. The summed E-state index contributed by atoms with van der Waals surface area (Å²) in [5.41, 5.74) is 3.49. The molecule has 2 heterocycles. The molecule has 0 spiro atoms. The summed E-state index contributed by atoms with van der Waals surface area (Å²) in [6.45, 7) is 2.60. The molecule has 4 rings (SSSR count). The Labute approximate surface area is 189 Å². The van der Waals surface area contributed by atoms with Crippen LogP contribution in [0.5, 0.6) is 11.8 Å². The molecule has 0 saturated carbocycles. The van der Waals surface area contributed by atoms with E-state index >= 15 is 0 Å². The molecule has 0 unspecified atom stereocenters. The van der Waals surface area contributed by atoms with Crippen LogP contribution in [0.4, 0.5) is 15.6 Å². The van der Waals surface area contributed by atoms with Crippen molar-refractivity contribution in [1.29, 1.82) is 0 Å². The average Bonchev–Trinajstić information content (AvgIpc) is 3.32. The number of aryl methyl sites for hydroxylation is 1. The van der Waals surface area contributed by atoms with Gasteiger partial charge in [-0.2, -0.15) is 0 Å². The number of carbonyl (C=O) groups excluding carboxylic acids is 1. The first-order valence-corrected chi connectivity index (χ1v) is 10.8. The molecule has 8 nitrogen and oxygen atoms in total. The largest absolute Gasteiger partial charge is 0.494 e. The maximum Gasteiger partial charge on any atom is 0.321 e. The number of thiazole rings is 1. The van der Waals surface area contributed by atoms with Gasteiger partial charge in [0.15, 0.2) is 16.9 Å². The van der Waals surface area contributed by atoms with Gasteiger partial charge < -0.3 is 20.8 Å². The first-order chi connectivity index (χ1) is 15.5. The standard InChI is InChI=1S/C23H23N5O3S/c1-15-21(26-23(32-15)27-22(31)24-13-16-6-3-2-4-7-16)17-8-5-9-18(12-17)25-14-28-19(29)10-11-20(28)30/h2-12,25,29-30H,13-14H2,1H3,(H2,24,26,27,31). The van der Waals surface area contributed by atoms with E-state index in [0.29, 0.717) is 11.7 Å². The Morgan fingerprint density at radius 3 is 2.53 bits per heavy atom. The molecular formula is C23H23N5O3S. The fourth-order valence-electron chi connectivity index (χ4n) is 3.19. The van der Waals surface area contributed by atoms with E-state index in [1.165, 1.54) is 28.0 Å². The minimum Gasteiger partial charge on any atom is -0.494 e. The molecule has 0 aliphatic heterocycles. The van der Waals surface area contributed by atoms with Gasteiger partial charge in [0.05, 0.1) is 12.4 Å². The van der Waals surface area contributed by atoms with Gasteiger partial charge in [0.1, 0.15) is 0 Å². The second kappa shape index (κ2) is 9.44. The number of rotatable bonds is 7. The van der Waals surface area contributed by atoms with Crippen LogP contribution >= 0.6 is 11.3 Å². The van der Waals surface area contributed by atoms with Gasteiger partial charge in [-0.3, -0.25) is 9.88 Å². The van der Waals surface area contributed by atoms with Crippen LogP contribution < -0.4 is 16.0 Å². The molecule has 0 atom stereocenters. The van der Waals surface area contributed by atoms with Gasteiger partial charge in [0.25, 0.3) is 0 Å². The molecule has 2 aromatic carbocycles. The predicted octanol–water partition coefficient (Wildman–Crippen LogP) is 4.72. The highest BCUT2D eigenvalue weighted by Crippen LogP contribution is 2.32. The summed E-state index contributed by atoms with van der Waals surface area (Å²) in [6, 6.07) is 19.9. The number of urea groups is 1. The van der Waals surface area contributed by atoms with E-state index < -0.39 is 0 Å². The molecule has 164 valence electrons. The van der Waals surface area contributed by atoms with Gasteiger partial charge in [-0.1, -0.05) is 42.5 Å². The summed E-state index contributed by atoms with van der Waals surface area (Å²) in [7, 11) is 0. The number of amides is 2. The minimum atomic E-state index is -0.309. The maximum atomic E-state index is 12.2. The van der Waals surface area contributed by atoms with Crippen LogP contribution in [-0.4, -0.2) is 25.8 Å². The quantitative estimate of drug-likeness (QED) is 0.280. The molecular weight excluding hydrogens is 426 g/mol. The van der Waals surface area contributed by atoms with Crippen LogP contribution in [0.1, 0.15) is 10.4 Å². The third kappa shape index (κ3) is 5.01. The fourth-order valence-corrected chi connectivity index (χ4v) is 4.02. The van der Waals surface area contributed by atoms with Crippen molar-refractivity contribution in [3.63, 3.8) is 0 Å². The summed E-state index contributed by atoms with van der Waals surface area (Å²) in [6.07, 6.45) is 0. The smallest absolute Gasteiger partial charge is 0.321 e. The van der Waals surface area contributed by atoms with E-state index in [1.54, 1.807) is 0 Å². The van der Waals surface area contributed by atoms with Crippen molar-refractivity contribution in [2.75, 3.05) is 10.6 Å². The van der Waals surface area contributed by atoms with Crippen LogP contribution in [0, 0.1) is 6.92 Å². The SMILES string of the molecule is Cc1sc(NC(=O)NCc2ccccc2)nc1-c1cccc(NCn2c(O)ccc2O)c1. The van der Waals surface area contributed by atoms with E-state index in [2.05, 4.69) is 20.9 Å². The maximum absolute atomic E-state index is 12.2. The highest BCUT2D eigenvalue weighted by Gasteiger charge is 2.13. The molecule has 9 heteroatoms. The average molecular weight is 450 g/mol. The van der Waals surface area contributed by atoms with Crippen molar-refractivity contribution in [2.24, 2.45) is 0 Å². The Balaban J connectivity index is 1.41. The van der Waals surface area contributed by atoms with E-state index in [4.69, 9.17) is 0 Å². The molecule has 2 amide bonds. The Bertz CT molecular complexity index is 1200. The van der Waals surface area contributed by atoms with Gasteiger partial charge in [-0.05, 0) is 24.6 Å². The molecule has 0 saturated heterocycles. The Hall–Kier alpha value is -3.98. The highest BCUT2D eigenvalue weighted by atomic mass is 32.1. The molecule has 0 radical (unpaired) electrons. The summed E-state index contributed by atoms with van der Waals surface area (Å²) in [5.74, 6) is -0.0504. The lowest BCUT2D eigenvalue weighted by Crippen LogP contribution is -2.28. The number of nitrogens with zero attached hydrogens (tertiary/aromatic N) is 2. The number of hydrogen-bond acceptors (Lipinski definition) is 6. The molecule has 5 N–H and O–H groups in total. The summed E-state index contributed by atoms with van der Waals surface area (Å²) in [4.78, 5) is 17.8. The van der Waals surface area contributed by atoms with Crippen molar-refractivity contribution < 1.29 is 15.0 Å². The second-order valence-electron chi connectivity index (χ2n) is 7.11. The molecule has 32 heavy (non-hydrogen) atoms. The normalized spacial score (nSPS) is 10.7. The summed E-state index contributed by atoms with van der Waals surface area (Å²) >= 11 is 1.41. The second-order valence-corrected chi connectivity index (χ2v) is 8.31. The predicted molar refractivity (Wildman–Crippen MR) is 126 cm³/mol. The first kappa shape index (κ1) is 21.3. The van der Waals surface area contributed by atoms with Crippen molar-refractivity contribution in [1.82, 2.24) is 14.9 Å². The zero-order valence-electron chi connectivity index (χ0n) is 17.4. The first-order valence-electron chi connectivity index (χ1n) is 9.97. The summed E-state index contributed by atoms with van der Waals surface area (Å²) in [5, 5.41) is 28.9. The van der Waals surface area contributed by atoms with E-state index in [9.17, 15) is 15.0 Å². The van der Waals surface area contributed by atoms with Gasteiger partial charge in [0, 0.05) is 34.8 Å². The number of aromatic nitrogens is 2. The van der Waals surface area contributed by atoms with Crippen LogP contribution in [-0.2, 0) is 13.2 Å². The van der Waals surface area contributed by atoms with Crippen LogP contribution in [0.25, 0.3) is 11.3 Å². The van der Waals surface area contributed by atoms with Gasteiger partial charge in [-0.15, -0.1) is 11.3 Å². The van der Waals surface area contributed by atoms with Crippen molar-refractivity contribution >= 4 is 28.2 Å². The lowest BCUT2D eigenvalue weighted by molar-refractivity contribution is 0.251. The zero-order chi connectivity index (χ0) is 22.5. The van der Waals surface area contributed by atoms with Crippen molar-refractivity contribution in [2.45, 2.75) is 20.1 Å². The summed E-state index contributed by atoms with van der Waals surface area (Å²) < 4.78 is 1.34. The monoisotopic (exact) mass is 449 g/mol. The number of nitrogens with one attached hydrogen (secondary N) is 3. The molecule has 0 aliphatic rings. The molecule has 2 aromatic heterocycles. The molecule has 4 aromatic rings. The van der Waals surface area contributed by atoms with Gasteiger partial charge >= 0.3 is 6.03 Å². The topological polar surface area (TPSA) is 111 Å². The number of aromatic hydroxyl groups is 2. The molecule has 0 fully saturated rings. The fraction of sp³-hybridized carbons (Fsp3) is 0.130. The van der Waals surface area contributed by atoms with E-state index in [0.717, 1.165) is 27.4 Å². The molecule has 0 aliphatic carbocycles. The highest BCUT2D eigenvalue weighted by molar-refractivity contribution is 7.16. The van der Waals surface area contributed by atoms with Gasteiger partial charge in [-0.25, -0.2) is 9.78 Å². The number of benzene rings is 2. The van der Waals surface area contributed by atoms with E-state index in [1.807, 2.05) is 61.5 Å². The Kier molecular flexibility index (Phi) is 6.27. The molecule has 0 bridgehead atoms. The van der Waals surface area contributed by atoms with Crippen molar-refractivity contribution in [3.8, 4) is 23.0 Å². The Morgan fingerprint density at radius 2 is 1.78 bits per heavy atom. The van der Waals surface area contributed by atoms with Crippen LogP contribution in [0.15, 0.2) is 66.7 Å². The Morgan fingerprint density at radius 1 is 1.03 bits per heavy atom. The van der Waals surface area contributed by atoms with Crippen LogP contribution in [0.3, 0.4) is 0 Å². The number of anilines is 2. The number of carbonyl (C=O) groups is 1. The lowest BCUT2D eigenvalue weighted by atomic mass is 10.1. The van der Waals surface area contributed by atoms with Crippen molar-refractivity contribution in [3.05, 3.63) is 77.2 Å². The third-order valence-electron chi connectivity index (χ3n) is 4.82. The lowest BCUT2D eigenvalue weighted by Gasteiger charge is -2.11.